The van der Waals surface area contributed by atoms with E-state index in [0.717, 1.165) is 5.92 Å². The summed E-state index contributed by atoms with van der Waals surface area (Å²) in [5, 5.41) is 0. The molecule has 0 bridgehead atoms. The Kier molecular flexibility index (Phi) is 7.82. The maximum absolute atomic E-state index is 2.31. The van der Waals surface area contributed by atoms with Crippen LogP contribution in [-0.2, 0) is 0 Å². The molecule has 0 saturated heterocycles. The number of hydrogen-bond acceptors (Lipinski definition) is 0. The summed E-state index contributed by atoms with van der Waals surface area (Å²) >= 11 is 0. The van der Waals surface area contributed by atoms with Crippen LogP contribution in [0, 0.1) is 5.92 Å². The fourth-order valence-corrected chi connectivity index (χ4v) is 2.37. The summed E-state index contributed by atoms with van der Waals surface area (Å²) in [6, 6.07) is 21.6. The lowest BCUT2D eigenvalue weighted by Gasteiger charge is -2.18. The molecule has 2 aromatic carbocycles. The second kappa shape index (κ2) is 9.39. The average Bonchev–Trinajstić information content (AvgIpc) is 2.48. The lowest BCUT2D eigenvalue weighted by Crippen LogP contribution is -2.00. The molecule has 2 aromatic rings. The SMILES string of the molecule is CC(C)C.CC(CC(C)c1ccccc1)c1ccccc1. The fourth-order valence-electron chi connectivity index (χ4n) is 2.37. The van der Waals surface area contributed by atoms with E-state index in [9.17, 15) is 0 Å². The maximum atomic E-state index is 2.31. The van der Waals surface area contributed by atoms with Crippen LogP contribution in [0.3, 0.4) is 0 Å². The Bertz CT molecular complexity index is 424. The topological polar surface area (TPSA) is 0 Å². The van der Waals surface area contributed by atoms with Gasteiger partial charge in [-0.2, -0.15) is 0 Å². The average molecular weight is 282 g/mol. The highest BCUT2D eigenvalue weighted by atomic mass is 14.2. The van der Waals surface area contributed by atoms with E-state index in [-0.39, 0.29) is 0 Å². The molecule has 0 saturated carbocycles. The molecule has 21 heavy (non-hydrogen) atoms. The lowest BCUT2D eigenvalue weighted by atomic mass is 9.87. The first-order valence-corrected chi connectivity index (χ1v) is 8.10. The largest absolute Gasteiger partial charge is 0.0630 e. The molecule has 0 amide bonds. The molecular formula is C21H30. The van der Waals surface area contributed by atoms with E-state index in [0.29, 0.717) is 11.8 Å². The van der Waals surface area contributed by atoms with Crippen molar-refractivity contribution in [3.63, 3.8) is 0 Å². The zero-order valence-electron chi connectivity index (χ0n) is 14.2. The maximum Gasteiger partial charge on any atom is -0.0185 e. The highest BCUT2D eigenvalue weighted by molar-refractivity contribution is 5.22. The van der Waals surface area contributed by atoms with Gasteiger partial charge in [-0.25, -0.2) is 0 Å². The molecule has 2 unspecified atom stereocenters. The van der Waals surface area contributed by atoms with Crippen molar-refractivity contribution in [2.45, 2.75) is 52.9 Å². The lowest BCUT2D eigenvalue weighted by molar-refractivity contribution is 0.593. The van der Waals surface area contributed by atoms with Crippen LogP contribution < -0.4 is 0 Å². The van der Waals surface area contributed by atoms with Gasteiger partial charge < -0.3 is 0 Å². The number of hydrogen-bond donors (Lipinski definition) is 0. The van der Waals surface area contributed by atoms with Crippen LogP contribution >= 0.6 is 0 Å². The van der Waals surface area contributed by atoms with Gasteiger partial charge in [0.25, 0.3) is 0 Å². The second-order valence-corrected chi connectivity index (χ2v) is 6.59. The summed E-state index contributed by atoms with van der Waals surface area (Å²) in [4.78, 5) is 0. The summed E-state index contributed by atoms with van der Waals surface area (Å²) in [6.07, 6.45) is 1.20. The van der Waals surface area contributed by atoms with Gasteiger partial charge in [-0.15, -0.1) is 0 Å². The van der Waals surface area contributed by atoms with Gasteiger partial charge >= 0.3 is 0 Å². The van der Waals surface area contributed by atoms with E-state index in [2.05, 4.69) is 95.3 Å². The molecule has 0 N–H and O–H groups in total. The monoisotopic (exact) mass is 282 g/mol. The zero-order chi connectivity index (χ0) is 15.7. The van der Waals surface area contributed by atoms with Crippen LogP contribution in [0.5, 0.6) is 0 Å². The molecular weight excluding hydrogens is 252 g/mol. The van der Waals surface area contributed by atoms with E-state index in [1.165, 1.54) is 17.5 Å². The predicted octanol–water partition coefficient (Wildman–Crippen LogP) is 6.65. The summed E-state index contributed by atoms with van der Waals surface area (Å²) in [5.74, 6) is 2.07. The van der Waals surface area contributed by atoms with Crippen LogP contribution in [0.1, 0.15) is 64.0 Å². The van der Waals surface area contributed by atoms with Crippen molar-refractivity contribution < 1.29 is 0 Å². The van der Waals surface area contributed by atoms with Gasteiger partial charge in [0.1, 0.15) is 0 Å². The van der Waals surface area contributed by atoms with E-state index in [1.807, 2.05) is 0 Å². The van der Waals surface area contributed by atoms with Crippen molar-refractivity contribution in [1.29, 1.82) is 0 Å². The first kappa shape index (κ1) is 17.5. The molecule has 0 aliphatic carbocycles. The normalized spacial score (nSPS) is 13.2. The van der Waals surface area contributed by atoms with Crippen molar-refractivity contribution in [2.75, 3.05) is 0 Å². The first-order chi connectivity index (χ1) is 10.0. The molecule has 0 radical (unpaired) electrons. The molecule has 2 rings (SSSR count). The predicted molar refractivity (Wildman–Crippen MR) is 94.8 cm³/mol. The molecule has 0 heterocycles. The van der Waals surface area contributed by atoms with Gasteiger partial charge in [0.05, 0.1) is 0 Å². The van der Waals surface area contributed by atoms with E-state index in [4.69, 9.17) is 0 Å². The third-order valence-electron chi connectivity index (χ3n) is 3.44. The fraction of sp³-hybridized carbons (Fsp3) is 0.429. The Labute approximate surface area is 131 Å². The van der Waals surface area contributed by atoms with Crippen molar-refractivity contribution >= 4 is 0 Å². The number of rotatable bonds is 4. The van der Waals surface area contributed by atoms with Crippen LogP contribution in [0.25, 0.3) is 0 Å². The van der Waals surface area contributed by atoms with E-state index < -0.39 is 0 Å². The van der Waals surface area contributed by atoms with Gasteiger partial charge in [-0.3, -0.25) is 0 Å². The molecule has 0 spiro atoms. The Morgan fingerprint density at radius 3 is 1.14 bits per heavy atom. The molecule has 0 aliphatic heterocycles. The van der Waals surface area contributed by atoms with E-state index in [1.54, 1.807) is 0 Å². The smallest absolute Gasteiger partial charge is 0.0185 e. The molecule has 0 aromatic heterocycles. The highest BCUT2D eigenvalue weighted by Gasteiger charge is 2.11. The molecule has 0 nitrogen and oxygen atoms in total. The molecule has 114 valence electrons. The van der Waals surface area contributed by atoms with Crippen molar-refractivity contribution in [3.05, 3.63) is 71.8 Å². The molecule has 0 heteroatoms. The Morgan fingerprint density at radius 2 is 0.857 bits per heavy atom. The van der Waals surface area contributed by atoms with E-state index >= 15 is 0 Å². The molecule has 0 aliphatic rings. The van der Waals surface area contributed by atoms with Gasteiger partial charge in [-0.1, -0.05) is 95.3 Å². The Balaban J connectivity index is 0.000000491. The van der Waals surface area contributed by atoms with Gasteiger partial charge in [0, 0.05) is 0 Å². The minimum atomic E-state index is 0.617. The summed E-state index contributed by atoms with van der Waals surface area (Å²) in [5.41, 5.74) is 2.88. The minimum Gasteiger partial charge on any atom is -0.0630 e. The minimum absolute atomic E-state index is 0.617. The van der Waals surface area contributed by atoms with Crippen molar-refractivity contribution in [3.8, 4) is 0 Å². The standard InChI is InChI=1S/C17H20.C4H10/c1-14(16-9-5-3-6-10-16)13-15(2)17-11-7-4-8-12-17;1-4(2)3/h3-12,14-15H,13H2,1-2H3;4H,1-3H3. The number of benzene rings is 2. The van der Waals surface area contributed by atoms with Crippen LogP contribution in [0.15, 0.2) is 60.7 Å². The summed E-state index contributed by atoms with van der Waals surface area (Å²) < 4.78 is 0. The van der Waals surface area contributed by atoms with Crippen molar-refractivity contribution in [1.82, 2.24) is 0 Å². The summed E-state index contributed by atoms with van der Waals surface area (Å²) in [6.45, 7) is 11.1. The van der Waals surface area contributed by atoms with Crippen LogP contribution in [0.2, 0.25) is 0 Å². The van der Waals surface area contributed by atoms with Gasteiger partial charge in [-0.05, 0) is 35.3 Å². The first-order valence-electron chi connectivity index (χ1n) is 8.10. The Morgan fingerprint density at radius 1 is 0.571 bits per heavy atom. The van der Waals surface area contributed by atoms with Crippen molar-refractivity contribution in [2.24, 2.45) is 5.92 Å². The van der Waals surface area contributed by atoms with Crippen LogP contribution in [-0.4, -0.2) is 0 Å². The molecule has 2 atom stereocenters. The highest BCUT2D eigenvalue weighted by Crippen LogP contribution is 2.28. The Hall–Kier alpha value is -1.56. The van der Waals surface area contributed by atoms with Gasteiger partial charge in [0.15, 0.2) is 0 Å². The summed E-state index contributed by atoms with van der Waals surface area (Å²) in [7, 11) is 0. The second-order valence-electron chi connectivity index (χ2n) is 6.59. The van der Waals surface area contributed by atoms with Gasteiger partial charge in [0.2, 0.25) is 0 Å². The molecule has 0 fully saturated rings. The zero-order valence-corrected chi connectivity index (χ0v) is 14.2. The quantitative estimate of drug-likeness (QED) is 0.589. The third-order valence-corrected chi connectivity index (χ3v) is 3.44. The van der Waals surface area contributed by atoms with Crippen LogP contribution in [0.4, 0.5) is 0 Å². The third kappa shape index (κ3) is 7.13.